The minimum Gasteiger partial charge on any atom is -0.473 e. The van der Waals surface area contributed by atoms with Gasteiger partial charge < -0.3 is 23.8 Å². The number of aromatic nitrogens is 2. The van der Waals surface area contributed by atoms with Gasteiger partial charge in [-0.05, 0) is 84.1 Å². The third-order valence-electron chi connectivity index (χ3n) is 6.50. The number of hydrogen-bond acceptors (Lipinski definition) is 10. The molecule has 0 unspecified atom stereocenters. The van der Waals surface area contributed by atoms with Crippen molar-refractivity contribution in [2.24, 2.45) is 0 Å². The highest BCUT2D eigenvalue weighted by Crippen LogP contribution is 2.41. The van der Waals surface area contributed by atoms with Crippen LogP contribution < -0.4 is 19.3 Å². The molecule has 0 bridgehead atoms. The van der Waals surface area contributed by atoms with E-state index in [0.717, 1.165) is 17.0 Å². The van der Waals surface area contributed by atoms with Crippen LogP contribution in [0.4, 0.5) is 33.7 Å². The van der Waals surface area contributed by atoms with Gasteiger partial charge in [-0.15, -0.1) is 0 Å². The molecule has 1 amide bonds. The zero-order valence-electron chi connectivity index (χ0n) is 25.6. The molecule has 2 aromatic carbocycles. The van der Waals surface area contributed by atoms with E-state index < -0.39 is 46.3 Å². The van der Waals surface area contributed by atoms with Crippen molar-refractivity contribution in [1.29, 1.82) is 5.26 Å². The third kappa shape index (κ3) is 6.89. The Morgan fingerprint density at radius 2 is 1.76 bits per heavy atom. The largest absolute Gasteiger partial charge is 0.508 e. The number of alkyl halides is 3. The fourth-order valence-electron chi connectivity index (χ4n) is 4.56. The van der Waals surface area contributed by atoms with Crippen molar-refractivity contribution in [3.05, 3.63) is 47.3 Å². The van der Waals surface area contributed by atoms with Crippen LogP contribution in [0.5, 0.6) is 11.9 Å². The van der Waals surface area contributed by atoms with Crippen LogP contribution in [0.2, 0.25) is 0 Å². The maximum absolute atomic E-state index is 15.7. The molecule has 2 heterocycles. The van der Waals surface area contributed by atoms with Gasteiger partial charge in [-0.3, -0.25) is 9.69 Å². The summed E-state index contributed by atoms with van der Waals surface area (Å²) in [6, 6.07) is 6.56. The second kappa shape index (κ2) is 12.5. The maximum Gasteiger partial charge on any atom is 0.508 e. The number of halogens is 4. The number of carbonyl (C=O) groups excluding carboxylic acids is 2. The summed E-state index contributed by atoms with van der Waals surface area (Å²) < 4.78 is 78.0. The summed E-state index contributed by atoms with van der Waals surface area (Å²) in [5.74, 6) is -1.71. The Morgan fingerprint density at radius 1 is 1.07 bits per heavy atom. The first-order valence-electron chi connectivity index (χ1n) is 13.8. The molecule has 16 heteroatoms. The van der Waals surface area contributed by atoms with E-state index in [9.17, 15) is 28.0 Å². The van der Waals surface area contributed by atoms with Gasteiger partial charge in [-0.1, -0.05) is 0 Å². The summed E-state index contributed by atoms with van der Waals surface area (Å²) in [5, 5.41) is 8.97. The van der Waals surface area contributed by atoms with Crippen molar-refractivity contribution in [3.63, 3.8) is 0 Å². The first kappa shape index (κ1) is 34.1. The fraction of sp³-hybridized carbons (Fsp3) is 0.400. The van der Waals surface area contributed by atoms with Gasteiger partial charge >= 0.3 is 18.3 Å². The smallest absolute Gasteiger partial charge is 0.473 e. The van der Waals surface area contributed by atoms with Gasteiger partial charge in [0, 0.05) is 5.69 Å². The second-order valence-electron chi connectivity index (χ2n) is 11.4. The number of carbonyl (C=O) groups is 2. The Labute approximate surface area is 266 Å². The lowest BCUT2D eigenvalue weighted by Crippen LogP contribution is -2.44. The second-order valence-corrected chi connectivity index (χ2v) is 11.8. The fourth-order valence-corrected chi connectivity index (χ4v) is 5.09. The van der Waals surface area contributed by atoms with Gasteiger partial charge in [0.05, 0.1) is 34.9 Å². The van der Waals surface area contributed by atoms with E-state index in [0.29, 0.717) is 6.07 Å². The lowest BCUT2D eigenvalue weighted by atomic mass is 10.0. The van der Waals surface area contributed by atoms with Crippen molar-refractivity contribution in [3.8, 4) is 18.0 Å². The molecule has 0 aliphatic carbocycles. The van der Waals surface area contributed by atoms with Gasteiger partial charge in [-0.2, -0.15) is 28.4 Å². The van der Waals surface area contributed by atoms with E-state index in [1.54, 1.807) is 27.7 Å². The highest BCUT2D eigenvalue weighted by molar-refractivity contribution is 7.81. The molecule has 1 fully saturated rings. The SMILES string of the molecule is CCOc1nc(OCCOC(=O)OC(C)(C)C)c2cc(N3C(=S)N(c4ccc(C#N)c(C(F)(F)F)c4)C(=O)C3(C)C)cc(F)c2n1. The Morgan fingerprint density at radius 3 is 2.37 bits per heavy atom. The van der Waals surface area contributed by atoms with Crippen molar-refractivity contribution >= 4 is 51.7 Å². The molecule has 1 aromatic heterocycles. The van der Waals surface area contributed by atoms with Gasteiger partial charge in [0.2, 0.25) is 5.88 Å². The molecule has 11 nitrogen and oxygen atoms in total. The summed E-state index contributed by atoms with van der Waals surface area (Å²) in [4.78, 5) is 36.0. The van der Waals surface area contributed by atoms with Crippen LogP contribution in [0.1, 0.15) is 52.7 Å². The Balaban J connectivity index is 1.73. The highest BCUT2D eigenvalue weighted by atomic mass is 32.1. The molecule has 46 heavy (non-hydrogen) atoms. The molecule has 0 N–H and O–H groups in total. The van der Waals surface area contributed by atoms with E-state index in [1.807, 2.05) is 0 Å². The molecule has 0 saturated carbocycles. The molecular weight excluding hydrogens is 634 g/mol. The Kier molecular flexibility index (Phi) is 9.30. The van der Waals surface area contributed by atoms with E-state index in [-0.39, 0.29) is 59.1 Å². The number of anilines is 2. The van der Waals surface area contributed by atoms with Crippen LogP contribution in [0.15, 0.2) is 30.3 Å². The number of nitrogens with zero attached hydrogens (tertiary/aromatic N) is 5. The lowest BCUT2D eigenvalue weighted by molar-refractivity contribution is -0.137. The average molecular weight is 664 g/mol. The molecule has 1 saturated heterocycles. The summed E-state index contributed by atoms with van der Waals surface area (Å²) in [7, 11) is 0. The zero-order chi connectivity index (χ0) is 34.2. The predicted octanol–water partition coefficient (Wildman–Crippen LogP) is 6.31. The van der Waals surface area contributed by atoms with Crippen LogP contribution in [0.3, 0.4) is 0 Å². The van der Waals surface area contributed by atoms with Crippen LogP contribution in [0.25, 0.3) is 10.9 Å². The summed E-state index contributed by atoms with van der Waals surface area (Å²) in [5.41, 5.74) is -4.52. The average Bonchev–Trinajstić information content (AvgIpc) is 3.12. The molecule has 0 radical (unpaired) electrons. The first-order valence-corrected chi connectivity index (χ1v) is 14.2. The number of hydrogen-bond donors (Lipinski definition) is 0. The summed E-state index contributed by atoms with van der Waals surface area (Å²) in [6.45, 7) is 9.32. The van der Waals surface area contributed by atoms with Crippen LogP contribution >= 0.6 is 12.2 Å². The summed E-state index contributed by atoms with van der Waals surface area (Å²) in [6.07, 6.45) is -5.80. The van der Waals surface area contributed by atoms with Crippen molar-refractivity contribution in [2.45, 2.75) is 58.9 Å². The van der Waals surface area contributed by atoms with E-state index in [1.165, 1.54) is 36.9 Å². The van der Waals surface area contributed by atoms with Crippen LogP contribution in [-0.4, -0.2) is 58.1 Å². The zero-order valence-corrected chi connectivity index (χ0v) is 26.4. The predicted molar refractivity (Wildman–Crippen MR) is 161 cm³/mol. The van der Waals surface area contributed by atoms with Crippen molar-refractivity contribution in [1.82, 2.24) is 9.97 Å². The minimum atomic E-state index is -4.88. The summed E-state index contributed by atoms with van der Waals surface area (Å²) >= 11 is 5.57. The van der Waals surface area contributed by atoms with Gasteiger partial charge in [0.15, 0.2) is 10.9 Å². The number of amides is 1. The van der Waals surface area contributed by atoms with Crippen molar-refractivity contribution < 1.29 is 46.1 Å². The maximum atomic E-state index is 15.7. The van der Waals surface area contributed by atoms with E-state index >= 15 is 4.39 Å². The molecular formula is C30H29F4N5O6S. The minimum absolute atomic E-state index is 0.0398. The van der Waals surface area contributed by atoms with Gasteiger partial charge in [0.25, 0.3) is 5.91 Å². The van der Waals surface area contributed by atoms with Gasteiger partial charge in [-0.25, -0.2) is 9.18 Å². The van der Waals surface area contributed by atoms with Gasteiger partial charge in [0.1, 0.15) is 29.9 Å². The van der Waals surface area contributed by atoms with Crippen LogP contribution in [0, 0.1) is 17.1 Å². The Bertz CT molecular complexity index is 1750. The molecule has 0 spiro atoms. The van der Waals surface area contributed by atoms with E-state index in [4.69, 9.17) is 31.2 Å². The van der Waals surface area contributed by atoms with E-state index in [2.05, 4.69) is 9.97 Å². The number of benzene rings is 2. The molecule has 1 aliphatic heterocycles. The lowest BCUT2D eigenvalue weighted by Gasteiger charge is -2.29. The highest BCUT2D eigenvalue weighted by Gasteiger charge is 2.51. The topological polar surface area (TPSA) is 127 Å². The molecule has 244 valence electrons. The number of fused-ring (bicyclic) bond motifs is 1. The molecule has 3 aromatic rings. The standard InChI is InChI=1S/C30H29F4N5O6S/c1-7-42-25-36-22-19(23(37-25)43-10-11-44-27(41)45-28(2,3)4)12-18(14-21(22)31)39-26(46)38(24(40)29(39,5)6)17-9-8-16(15-35)20(13-17)30(32,33)34/h8-9,12-14H,7,10-11H2,1-6H3. The number of thiocarbonyl (C=S) groups is 1. The number of ether oxygens (including phenoxy) is 4. The molecule has 4 rings (SSSR count). The quantitative estimate of drug-likeness (QED) is 0.117. The molecule has 0 atom stereocenters. The van der Waals surface area contributed by atoms with Crippen LogP contribution in [-0.2, 0) is 20.4 Å². The molecule has 1 aliphatic rings. The number of rotatable bonds is 8. The number of nitriles is 1. The third-order valence-corrected chi connectivity index (χ3v) is 6.87. The monoisotopic (exact) mass is 663 g/mol. The first-order chi connectivity index (χ1) is 21.4. The Hall–Kier alpha value is -4.78. The normalized spacial score (nSPS) is 14.8. The van der Waals surface area contributed by atoms with Crippen molar-refractivity contribution in [2.75, 3.05) is 29.6 Å².